The second kappa shape index (κ2) is 39.4. The van der Waals surface area contributed by atoms with Gasteiger partial charge in [-0.05, 0) is 108 Å². The van der Waals surface area contributed by atoms with E-state index in [4.69, 9.17) is 33.8 Å². The van der Waals surface area contributed by atoms with Crippen molar-refractivity contribution in [1.82, 2.24) is 58.5 Å². The molecule has 2 aromatic rings. The van der Waals surface area contributed by atoms with Crippen molar-refractivity contribution in [2.75, 3.05) is 26.2 Å². The summed E-state index contributed by atoms with van der Waals surface area (Å²) < 4.78 is 0. The normalized spacial score (nSPS) is 14.3. The van der Waals surface area contributed by atoms with Crippen LogP contribution in [0.3, 0.4) is 0 Å². The number of guanidine groups is 1. The first-order valence-electron chi connectivity index (χ1n) is 29.0. The Morgan fingerprint density at radius 3 is 1.43 bits per heavy atom. The molecule has 0 aliphatic heterocycles. The van der Waals surface area contributed by atoms with Crippen molar-refractivity contribution >= 4 is 82.8 Å². The number of aliphatic imine (C=N–C) groups is 1. The van der Waals surface area contributed by atoms with Crippen molar-refractivity contribution in [3.8, 4) is 5.75 Å². The molecule has 2 rings (SSSR count). The van der Waals surface area contributed by atoms with Gasteiger partial charge in [0.05, 0.1) is 12.6 Å². The molecule has 0 bridgehead atoms. The summed E-state index contributed by atoms with van der Waals surface area (Å²) in [6.45, 7) is 7.71. The van der Waals surface area contributed by atoms with Crippen LogP contribution in [0, 0.1) is 5.92 Å². The van der Waals surface area contributed by atoms with Crippen LogP contribution in [0.25, 0.3) is 0 Å². The van der Waals surface area contributed by atoms with Crippen LogP contribution in [0.2, 0.25) is 0 Å². The summed E-state index contributed by atoms with van der Waals surface area (Å²) in [5.41, 5.74) is 28.9. The minimum Gasteiger partial charge on any atom is -0.508 e. The quantitative estimate of drug-likeness (QED) is 0.0168. The highest BCUT2D eigenvalue weighted by Crippen LogP contribution is 2.13. The summed E-state index contributed by atoms with van der Waals surface area (Å²) in [7, 11) is 0. The predicted octanol–water partition coefficient (Wildman–Crippen LogP) is -5.24. The van der Waals surface area contributed by atoms with Gasteiger partial charge < -0.3 is 97.4 Å². The van der Waals surface area contributed by atoms with Gasteiger partial charge in [-0.25, -0.2) is 0 Å². The standard InChI is InChI=1S/C57H89N17O15/c1-30(2)25-38(59)51(84)72-41(21-22-44(60)76)54(87)68-32(4)48(81)66-33(5)50(83)74-43(27-36-17-19-37(75)20-18-36)56(89)73-39(15-10-11-23-58)52(85)64-28-45(77)70-42(26-35-13-8-7-9-14-35)55(88)69-34(6)49(82)71-40(16-12-24-63-57(61)62)53(86)67-31(3)47(80)65-29-46(78)79/h7-9,13-14,17-20,30-34,38-43,75H,10-12,15-16,21-29,58-59H2,1-6H3,(H2,60,76)(H,64,85)(H,65,80)(H,66,81)(H,67,86)(H,68,87)(H,69,88)(H,70,77)(H,71,82)(H,72,84)(H,73,89)(H,74,83)(H,78,79)(H4,61,62,63)/t31-,32-,33-,34-,38-,39-,40-,41-,42-,43-/m0/s1. The SMILES string of the molecule is CC(C)C[C@H](N)C(=O)N[C@@H](CCC(N)=O)C(=O)N[C@@H](C)C(=O)N[C@@H](C)C(=O)N[C@@H](Cc1ccc(O)cc1)C(=O)N[C@@H](CCCCN)C(=O)NCC(=O)N[C@@H](Cc1ccccc1)C(=O)N[C@@H](C)C(=O)N[C@@H](CCCN=C(N)N)C(=O)N[C@@H](C)C(=O)NCC(=O)O. The fraction of sp³-hybridized carbons (Fsp3) is 0.544. The van der Waals surface area contributed by atoms with E-state index in [9.17, 15) is 67.4 Å². The number of rotatable bonds is 40. The number of carbonyl (C=O) groups excluding carboxylic acids is 12. The predicted molar refractivity (Wildman–Crippen MR) is 324 cm³/mol. The molecule has 10 atom stereocenters. The number of carboxylic acids is 1. The zero-order valence-corrected chi connectivity index (χ0v) is 51.0. The molecule has 0 radical (unpaired) electrons. The lowest BCUT2D eigenvalue weighted by Gasteiger charge is -2.26. The summed E-state index contributed by atoms with van der Waals surface area (Å²) in [6.07, 6.45) is 0.293. The second-order valence-electron chi connectivity index (χ2n) is 21.6. The van der Waals surface area contributed by atoms with Crippen LogP contribution in [-0.4, -0.2) is 180 Å². The number of hydrogen-bond donors (Lipinski definition) is 18. The average Bonchev–Trinajstić information content (AvgIpc) is 3.69. The van der Waals surface area contributed by atoms with Gasteiger partial charge >= 0.3 is 5.97 Å². The van der Waals surface area contributed by atoms with Gasteiger partial charge in [-0.2, -0.15) is 0 Å². The Morgan fingerprint density at radius 1 is 0.472 bits per heavy atom. The monoisotopic (exact) mass is 1250 g/mol. The highest BCUT2D eigenvalue weighted by molar-refractivity contribution is 5.99. The lowest BCUT2D eigenvalue weighted by molar-refractivity contribution is -0.138. The van der Waals surface area contributed by atoms with E-state index in [0.29, 0.717) is 30.4 Å². The first kappa shape index (κ1) is 75.6. The van der Waals surface area contributed by atoms with Gasteiger partial charge in [0.15, 0.2) is 5.96 Å². The summed E-state index contributed by atoms with van der Waals surface area (Å²) in [5, 5.41) is 46.1. The van der Waals surface area contributed by atoms with Gasteiger partial charge in [0, 0.05) is 25.8 Å². The third-order valence-corrected chi connectivity index (χ3v) is 13.3. The number of unbranched alkanes of at least 4 members (excludes halogenated alkanes) is 1. The van der Waals surface area contributed by atoms with E-state index in [2.05, 4.69) is 63.5 Å². The van der Waals surface area contributed by atoms with Crippen LogP contribution < -0.4 is 87.2 Å². The summed E-state index contributed by atoms with van der Waals surface area (Å²) in [4.78, 5) is 175. The van der Waals surface area contributed by atoms with Crippen LogP contribution >= 0.6 is 0 Å². The fourth-order valence-corrected chi connectivity index (χ4v) is 8.38. The van der Waals surface area contributed by atoms with Crippen LogP contribution in [0.5, 0.6) is 5.75 Å². The van der Waals surface area contributed by atoms with E-state index >= 15 is 0 Å². The number of hydrogen-bond acceptors (Lipinski definition) is 17. The molecule has 0 spiro atoms. The Balaban J connectivity index is 2.29. The zero-order valence-electron chi connectivity index (χ0n) is 51.0. The Morgan fingerprint density at radius 2 is 0.899 bits per heavy atom. The number of nitrogens with two attached hydrogens (primary N) is 5. The Labute approximate surface area is 515 Å². The molecule has 0 fully saturated rings. The molecule has 32 heteroatoms. The molecule has 12 amide bonds. The number of aliphatic carboxylic acids is 1. The van der Waals surface area contributed by atoms with Gasteiger partial charge in [-0.1, -0.05) is 56.3 Å². The van der Waals surface area contributed by atoms with E-state index < -0.39 is 150 Å². The number of phenols is 1. The van der Waals surface area contributed by atoms with Gasteiger partial charge in [0.1, 0.15) is 66.7 Å². The summed E-state index contributed by atoms with van der Waals surface area (Å²) in [6, 6.07) is 1.10. The highest BCUT2D eigenvalue weighted by atomic mass is 16.4. The lowest BCUT2D eigenvalue weighted by Crippen LogP contribution is -2.59. The molecule has 2 aromatic carbocycles. The highest BCUT2D eigenvalue weighted by Gasteiger charge is 2.33. The Hall–Kier alpha value is -9.46. The van der Waals surface area contributed by atoms with E-state index in [0.717, 1.165) is 0 Å². The maximum atomic E-state index is 14.3. The van der Waals surface area contributed by atoms with Gasteiger partial charge in [-0.3, -0.25) is 67.3 Å². The number of carboxylic acid groups (broad SMARTS) is 1. The van der Waals surface area contributed by atoms with Crippen molar-refractivity contribution in [3.05, 3.63) is 65.7 Å². The van der Waals surface area contributed by atoms with Crippen molar-refractivity contribution < 1.29 is 72.5 Å². The Bertz CT molecular complexity index is 2770. The van der Waals surface area contributed by atoms with Crippen molar-refractivity contribution in [1.29, 1.82) is 0 Å². The number of primary amides is 1. The lowest BCUT2D eigenvalue weighted by atomic mass is 10.0. The topological polar surface area (TPSA) is 537 Å². The average molecular weight is 1250 g/mol. The molecule has 492 valence electrons. The van der Waals surface area contributed by atoms with Crippen molar-refractivity contribution in [3.63, 3.8) is 0 Å². The van der Waals surface area contributed by atoms with Crippen molar-refractivity contribution in [2.24, 2.45) is 39.6 Å². The second-order valence-corrected chi connectivity index (χ2v) is 21.6. The first-order valence-corrected chi connectivity index (χ1v) is 29.0. The molecule has 0 saturated heterocycles. The number of amides is 12. The van der Waals surface area contributed by atoms with Crippen LogP contribution in [0.1, 0.15) is 104 Å². The number of aromatic hydroxyl groups is 1. The molecule has 0 saturated carbocycles. The zero-order chi connectivity index (χ0) is 66.9. The smallest absolute Gasteiger partial charge is 0.322 e. The van der Waals surface area contributed by atoms with Gasteiger partial charge in [-0.15, -0.1) is 0 Å². The molecule has 0 heterocycles. The molecule has 23 N–H and O–H groups in total. The Kier molecular flexibility index (Phi) is 33.4. The number of nitrogens with one attached hydrogen (secondary N) is 11. The fourth-order valence-electron chi connectivity index (χ4n) is 8.38. The summed E-state index contributed by atoms with van der Waals surface area (Å²) in [5.74, 6) is -11.6. The van der Waals surface area contributed by atoms with E-state index in [-0.39, 0.29) is 75.7 Å². The van der Waals surface area contributed by atoms with E-state index in [1.54, 1.807) is 30.3 Å². The van der Waals surface area contributed by atoms with Crippen LogP contribution in [0.4, 0.5) is 0 Å². The van der Waals surface area contributed by atoms with Gasteiger partial charge in [0.2, 0.25) is 70.9 Å². The number of nitrogens with zero attached hydrogens (tertiary/aromatic N) is 1. The van der Waals surface area contributed by atoms with Gasteiger partial charge in [0.25, 0.3) is 0 Å². The third kappa shape index (κ3) is 30.1. The maximum Gasteiger partial charge on any atom is 0.322 e. The minimum atomic E-state index is -1.44. The van der Waals surface area contributed by atoms with Crippen LogP contribution in [-0.2, 0) is 75.2 Å². The summed E-state index contributed by atoms with van der Waals surface area (Å²) >= 11 is 0. The largest absolute Gasteiger partial charge is 0.508 e. The van der Waals surface area contributed by atoms with Crippen molar-refractivity contribution in [2.45, 2.75) is 166 Å². The molecule has 89 heavy (non-hydrogen) atoms. The third-order valence-electron chi connectivity index (χ3n) is 13.3. The number of benzene rings is 2. The molecule has 0 aliphatic rings. The molecular weight excluding hydrogens is 1160 g/mol. The molecule has 0 unspecified atom stereocenters. The number of phenolic OH excluding ortho intramolecular Hbond substituents is 1. The molecule has 32 nitrogen and oxygen atoms in total. The first-order chi connectivity index (χ1) is 41.9. The van der Waals surface area contributed by atoms with Crippen LogP contribution in [0.15, 0.2) is 59.6 Å². The van der Waals surface area contributed by atoms with E-state index in [1.165, 1.54) is 52.0 Å². The minimum absolute atomic E-state index is 0.0108. The molecular formula is C57H89N17O15. The maximum absolute atomic E-state index is 14.3. The molecule has 0 aliphatic carbocycles. The van der Waals surface area contributed by atoms with E-state index in [1.807, 2.05) is 13.8 Å². The molecule has 0 aromatic heterocycles. The number of carbonyl (C=O) groups is 13.